The van der Waals surface area contributed by atoms with Crippen LogP contribution in [0.5, 0.6) is 11.5 Å². The molecular formula is C16H18ClNO2. The van der Waals surface area contributed by atoms with Gasteiger partial charge in [0, 0.05) is 18.7 Å². The number of benzene rings is 2. The molecule has 0 bridgehead atoms. The van der Waals surface area contributed by atoms with Crippen LogP contribution < -0.4 is 14.8 Å². The van der Waals surface area contributed by atoms with Crippen molar-refractivity contribution >= 4 is 17.3 Å². The predicted octanol–water partition coefficient (Wildman–Crippen LogP) is 4.28. The van der Waals surface area contributed by atoms with Gasteiger partial charge in [-0.25, -0.2) is 0 Å². The van der Waals surface area contributed by atoms with Gasteiger partial charge in [0.05, 0.1) is 24.9 Å². The summed E-state index contributed by atoms with van der Waals surface area (Å²) in [5, 5.41) is 3.92. The Kier molecular flexibility index (Phi) is 4.74. The zero-order valence-corrected chi connectivity index (χ0v) is 12.6. The summed E-state index contributed by atoms with van der Waals surface area (Å²) in [7, 11) is 3.20. The van der Waals surface area contributed by atoms with Crippen LogP contribution >= 0.6 is 11.6 Å². The topological polar surface area (TPSA) is 30.5 Å². The summed E-state index contributed by atoms with van der Waals surface area (Å²) in [5.41, 5.74) is 3.27. The molecule has 0 spiro atoms. The number of anilines is 1. The molecule has 0 atom stereocenters. The molecule has 20 heavy (non-hydrogen) atoms. The molecule has 0 aromatic heterocycles. The average Bonchev–Trinajstić information content (AvgIpc) is 2.45. The quantitative estimate of drug-likeness (QED) is 0.892. The van der Waals surface area contributed by atoms with Crippen molar-refractivity contribution in [3.8, 4) is 11.5 Å². The van der Waals surface area contributed by atoms with E-state index in [1.54, 1.807) is 20.3 Å². The summed E-state index contributed by atoms with van der Waals surface area (Å²) >= 11 is 6.24. The van der Waals surface area contributed by atoms with Crippen LogP contribution in [0.1, 0.15) is 11.1 Å². The molecule has 0 aliphatic carbocycles. The summed E-state index contributed by atoms with van der Waals surface area (Å²) in [4.78, 5) is 0. The van der Waals surface area contributed by atoms with Crippen LogP contribution in [0.15, 0.2) is 36.4 Å². The van der Waals surface area contributed by atoms with Crippen molar-refractivity contribution in [2.45, 2.75) is 13.5 Å². The second-order valence-corrected chi connectivity index (χ2v) is 4.94. The van der Waals surface area contributed by atoms with Crippen LogP contribution in [-0.4, -0.2) is 14.2 Å². The number of hydrogen-bond donors (Lipinski definition) is 1. The van der Waals surface area contributed by atoms with E-state index < -0.39 is 0 Å². The molecular weight excluding hydrogens is 274 g/mol. The summed E-state index contributed by atoms with van der Waals surface area (Å²) < 4.78 is 10.5. The predicted molar refractivity (Wildman–Crippen MR) is 83.1 cm³/mol. The zero-order chi connectivity index (χ0) is 14.5. The maximum atomic E-state index is 6.24. The summed E-state index contributed by atoms with van der Waals surface area (Å²) in [6.07, 6.45) is 0. The van der Waals surface area contributed by atoms with Gasteiger partial charge >= 0.3 is 0 Å². The fraction of sp³-hybridized carbons (Fsp3) is 0.250. The molecule has 1 N–H and O–H groups in total. The Morgan fingerprint density at radius 2 is 1.75 bits per heavy atom. The first-order valence-electron chi connectivity index (χ1n) is 6.35. The van der Waals surface area contributed by atoms with Gasteiger partial charge in [0.15, 0.2) is 11.5 Å². The van der Waals surface area contributed by atoms with Crippen molar-refractivity contribution in [3.63, 3.8) is 0 Å². The van der Waals surface area contributed by atoms with Crippen LogP contribution in [-0.2, 0) is 6.54 Å². The Hall–Kier alpha value is -1.87. The Balaban J connectivity index is 2.17. The van der Waals surface area contributed by atoms with Gasteiger partial charge in [0.1, 0.15) is 0 Å². The van der Waals surface area contributed by atoms with E-state index in [0.29, 0.717) is 23.1 Å². The van der Waals surface area contributed by atoms with E-state index in [1.165, 1.54) is 11.1 Å². The van der Waals surface area contributed by atoms with Crippen LogP contribution in [0.4, 0.5) is 5.69 Å². The van der Waals surface area contributed by atoms with Crippen molar-refractivity contribution in [2.24, 2.45) is 0 Å². The second-order valence-electron chi connectivity index (χ2n) is 4.53. The molecule has 0 radical (unpaired) electrons. The smallest absolute Gasteiger partial charge is 0.162 e. The third-order valence-electron chi connectivity index (χ3n) is 3.04. The van der Waals surface area contributed by atoms with Crippen LogP contribution in [0.25, 0.3) is 0 Å². The maximum absolute atomic E-state index is 6.24. The average molecular weight is 292 g/mol. The first kappa shape index (κ1) is 14.5. The highest BCUT2D eigenvalue weighted by Gasteiger charge is 2.09. The number of nitrogens with one attached hydrogen (secondary N) is 1. The second kappa shape index (κ2) is 6.53. The highest BCUT2D eigenvalue weighted by atomic mass is 35.5. The molecule has 0 aliphatic heterocycles. The molecule has 4 heteroatoms. The standard InChI is InChI=1S/C16H18ClNO2/c1-11-5-4-6-12(7-11)10-18-14-9-16(20-3)15(19-2)8-13(14)17/h4-9,18H,10H2,1-3H3. The molecule has 0 saturated heterocycles. The number of hydrogen-bond acceptors (Lipinski definition) is 3. The molecule has 0 unspecified atom stereocenters. The van der Waals surface area contributed by atoms with Gasteiger partial charge in [0.2, 0.25) is 0 Å². The molecule has 106 valence electrons. The lowest BCUT2D eigenvalue weighted by molar-refractivity contribution is 0.355. The van der Waals surface area contributed by atoms with E-state index in [-0.39, 0.29) is 0 Å². The van der Waals surface area contributed by atoms with E-state index in [4.69, 9.17) is 21.1 Å². The first-order valence-corrected chi connectivity index (χ1v) is 6.72. The highest BCUT2D eigenvalue weighted by molar-refractivity contribution is 6.33. The van der Waals surface area contributed by atoms with Crippen molar-refractivity contribution in [1.29, 1.82) is 0 Å². The fourth-order valence-electron chi connectivity index (χ4n) is 2.01. The van der Waals surface area contributed by atoms with Crippen molar-refractivity contribution < 1.29 is 9.47 Å². The fourth-order valence-corrected chi connectivity index (χ4v) is 2.23. The molecule has 0 amide bonds. The summed E-state index contributed by atoms with van der Waals surface area (Å²) in [5.74, 6) is 1.28. The van der Waals surface area contributed by atoms with Crippen LogP contribution in [0.2, 0.25) is 5.02 Å². The van der Waals surface area contributed by atoms with Crippen LogP contribution in [0, 0.1) is 6.92 Å². The van der Waals surface area contributed by atoms with Gasteiger partial charge < -0.3 is 14.8 Å². The lowest BCUT2D eigenvalue weighted by Gasteiger charge is -2.13. The van der Waals surface area contributed by atoms with Gasteiger partial charge in [0.25, 0.3) is 0 Å². The molecule has 0 aliphatic rings. The van der Waals surface area contributed by atoms with Gasteiger partial charge in [-0.3, -0.25) is 0 Å². The lowest BCUT2D eigenvalue weighted by Crippen LogP contribution is -2.01. The number of ether oxygens (including phenoxy) is 2. The first-order chi connectivity index (χ1) is 9.63. The van der Waals surface area contributed by atoms with Gasteiger partial charge in [-0.05, 0) is 12.5 Å². The minimum absolute atomic E-state index is 0.607. The number of aryl methyl sites for hydroxylation is 1. The van der Waals surface area contributed by atoms with E-state index in [1.807, 2.05) is 12.1 Å². The Bertz CT molecular complexity index is 599. The van der Waals surface area contributed by atoms with Gasteiger partial charge in [-0.1, -0.05) is 41.4 Å². The Labute approximate surface area is 124 Å². The van der Waals surface area contributed by atoms with Crippen molar-refractivity contribution in [1.82, 2.24) is 0 Å². The van der Waals surface area contributed by atoms with E-state index in [0.717, 1.165) is 5.69 Å². The molecule has 2 aromatic rings. The van der Waals surface area contributed by atoms with Crippen molar-refractivity contribution in [3.05, 3.63) is 52.5 Å². The molecule has 0 saturated carbocycles. The minimum atomic E-state index is 0.607. The Morgan fingerprint density at radius 3 is 2.40 bits per heavy atom. The lowest BCUT2D eigenvalue weighted by atomic mass is 10.1. The Morgan fingerprint density at radius 1 is 1.05 bits per heavy atom. The summed E-state index contributed by atoms with van der Waals surface area (Å²) in [6, 6.07) is 11.9. The monoisotopic (exact) mass is 291 g/mol. The highest BCUT2D eigenvalue weighted by Crippen LogP contribution is 2.36. The van der Waals surface area contributed by atoms with Crippen LogP contribution in [0.3, 0.4) is 0 Å². The SMILES string of the molecule is COc1cc(Cl)c(NCc2cccc(C)c2)cc1OC. The molecule has 0 heterocycles. The molecule has 2 rings (SSSR count). The van der Waals surface area contributed by atoms with Gasteiger partial charge in [-0.15, -0.1) is 0 Å². The number of methoxy groups -OCH3 is 2. The van der Waals surface area contributed by atoms with E-state index in [9.17, 15) is 0 Å². The number of rotatable bonds is 5. The molecule has 0 fully saturated rings. The van der Waals surface area contributed by atoms with E-state index >= 15 is 0 Å². The van der Waals surface area contributed by atoms with E-state index in [2.05, 4.69) is 30.4 Å². The van der Waals surface area contributed by atoms with Gasteiger partial charge in [-0.2, -0.15) is 0 Å². The third kappa shape index (κ3) is 3.36. The third-order valence-corrected chi connectivity index (χ3v) is 3.35. The molecule has 3 nitrogen and oxygen atoms in total. The largest absolute Gasteiger partial charge is 0.493 e. The zero-order valence-electron chi connectivity index (χ0n) is 11.9. The van der Waals surface area contributed by atoms with Crippen molar-refractivity contribution in [2.75, 3.05) is 19.5 Å². The normalized spacial score (nSPS) is 10.2. The number of halogens is 1. The molecule has 2 aromatic carbocycles. The maximum Gasteiger partial charge on any atom is 0.162 e. The minimum Gasteiger partial charge on any atom is -0.493 e. The summed E-state index contributed by atoms with van der Waals surface area (Å²) in [6.45, 7) is 2.78.